The lowest BCUT2D eigenvalue weighted by Crippen LogP contribution is -2.01. The first-order chi connectivity index (χ1) is 9.08. The van der Waals surface area contributed by atoms with Crippen molar-refractivity contribution in [3.63, 3.8) is 0 Å². The van der Waals surface area contributed by atoms with Crippen LogP contribution in [0, 0.1) is 10.1 Å². The van der Waals surface area contributed by atoms with E-state index in [-0.39, 0.29) is 5.69 Å². The number of hydrogen-bond donors (Lipinski definition) is 1. The molecule has 0 spiro atoms. The van der Waals surface area contributed by atoms with Gasteiger partial charge < -0.3 is 9.84 Å². The number of nitro groups is 1. The van der Waals surface area contributed by atoms with Crippen LogP contribution in [0.2, 0.25) is 0 Å². The molecule has 7 heteroatoms. The van der Waals surface area contributed by atoms with Crippen LogP contribution in [0.4, 0.5) is 5.69 Å². The zero-order chi connectivity index (χ0) is 13.8. The summed E-state index contributed by atoms with van der Waals surface area (Å²) in [4.78, 5) is 15.1. The number of non-ortho nitro benzene ring substituents is 1. The van der Waals surface area contributed by atoms with Crippen molar-refractivity contribution < 1.29 is 14.8 Å². The molecule has 19 heavy (non-hydrogen) atoms. The van der Waals surface area contributed by atoms with Crippen molar-refractivity contribution in [1.29, 1.82) is 0 Å². The lowest BCUT2D eigenvalue weighted by atomic mass is 10.1. The van der Waals surface area contributed by atoms with Gasteiger partial charge in [-0.05, 0) is 13.0 Å². The predicted octanol–water partition coefficient (Wildman–Crippen LogP) is 2.68. The average Bonchev–Trinajstić information content (AvgIpc) is 2.89. The Balaban J connectivity index is 2.21. The summed E-state index contributed by atoms with van der Waals surface area (Å²) in [5.74, 6) is 0.439. The molecule has 0 saturated carbocycles. The molecule has 0 saturated heterocycles. The van der Waals surface area contributed by atoms with Crippen LogP contribution in [0.25, 0.3) is 0 Å². The van der Waals surface area contributed by atoms with Gasteiger partial charge in [-0.15, -0.1) is 11.3 Å². The van der Waals surface area contributed by atoms with Crippen LogP contribution in [0.5, 0.6) is 5.75 Å². The Morgan fingerprint density at radius 3 is 2.95 bits per heavy atom. The Morgan fingerprint density at radius 2 is 2.37 bits per heavy atom. The molecule has 2 aromatic rings. The summed E-state index contributed by atoms with van der Waals surface area (Å²) in [6, 6.07) is 4.18. The molecule has 0 bridgehead atoms. The van der Waals surface area contributed by atoms with Crippen molar-refractivity contribution in [2.45, 2.75) is 19.6 Å². The summed E-state index contributed by atoms with van der Waals surface area (Å²) < 4.78 is 5.57. The molecule has 0 aliphatic carbocycles. The van der Waals surface area contributed by atoms with E-state index in [2.05, 4.69) is 4.98 Å². The number of aliphatic hydroxyl groups is 1. The molecule has 0 amide bonds. The number of benzene rings is 1. The summed E-state index contributed by atoms with van der Waals surface area (Å²) in [6.07, 6.45) is 0.856. The van der Waals surface area contributed by atoms with E-state index in [4.69, 9.17) is 4.74 Å². The van der Waals surface area contributed by atoms with Gasteiger partial charge in [-0.1, -0.05) is 0 Å². The minimum atomic E-state index is -0.837. The van der Waals surface area contributed by atoms with E-state index in [1.54, 1.807) is 18.6 Å². The zero-order valence-corrected chi connectivity index (χ0v) is 11.0. The van der Waals surface area contributed by atoms with E-state index >= 15 is 0 Å². The summed E-state index contributed by atoms with van der Waals surface area (Å²) in [6.45, 7) is 1.86. The van der Waals surface area contributed by atoms with E-state index in [0.29, 0.717) is 17.9 Å². The second-order valence-electron chi connectivity index (χ2n) is 3.91. The van der Waals surface area contributed by atoms with Gasteiger partial charge in [-0.25, -0.2) is 0 Å². The van der Waals surface area contributed by atoms with Gasteiger partial charge in [0.1, 0.15) is 12.4 Å². The van der Waals surface area contributed by atoms with Crippen LogP contribution in [-0.4, -0.2) is 15.0 Å². The molecule has 0 aliphatic rings. The van der Waals surface area contributed by atoms with Crippen LogP contribution in [0.1, 0.15) is 23.5 Å². The maximum atomic E-state index is 10.7. The van der Waals surface area contributed by atoms with Gasteiger partial charge in [0.2, 0.25) is 0 Å². The van der Waals surface area contributed by atoms with Gasteiger partial charge in [0.05, 0.1) is 21.4 Å². The highest BCUT2D eigenvalue weighted by Gasteiger charge is 2.15. The highest BCUT2D eigenvalue weighted by atomic mass is 32.1. The van der Waals surface area contributed by atoms with Gasteiger partial charge >= 0.3 is 0 Å². The lowest BCUT2D eigenvalue weighted by Gasteiger charge is -2.12. The molecule has 6 nitrogen and oxygen atoms in total. The van der Waals surface area contributed by atoms with E-state index in [9.17, 15) is 15.2 Å². The number of nitro benzene ring substituents is 1. The normalized spacial score (nSPS) is 12.1. The number of aliphatic hydroxyl groups excluding tert-OH is 1. The smallest absolute Gasteiger partial charge is 0.270 e. The zero-order valence-electron chi connectivity index (χ0n) is 10.1. The second kappa shape index (κ2) is 5.77. The Bertz CT molecular complexity index is 569. The number of hydrogen-bond acceptors (Lipinski definition) is 6. The molecular weight excluding hydrogens is 268 g/mol. The molecule has 1 aromatic carbocycles. The number of thiazole rings is 1. The molecule has 1 atom stereocenters. The second-order valence-corrected chi connectivity index (χ2v) is 4.88. The molecule has 1 unspecified atom stereocenters. The van der Waals surface area contributed by atoms with Gasteiger partial charge in [-0.3, -0.25) is 15.1 Å². The van der Waals surface area contributed by atoms with E-state index in [1.807, 2.05) is 0 Å². The molecule has 0 fully saturated rings. The fraction of sp³-hybridized carbons (Fsp3) is 0.250. The topological polar surface area (TPSA) is 85.5 Å². The highest BCUT2D eigenvalue weighted by Crippen LogP contribution is 2.30. The standard InChI is InChI=1S/C12H12N2O4S/c1-8(15)11-4-9(14(16)17)2-3-12(11)18-6-10-5-13-7-19-10/h2-5,7-8,15H,6H2,1H3. The van der Waals surface area contributed by atoms with Crippen molar-refractivity contribution in [3.8, 4) is 5.75 Å². The van der Waals surface area contributed by atoms with Crippen LogP contribution in [0.15, 0.2) is 29.9 Å². The maximum Gasteiger partial charge on any atom is 0.270 e. The molecule has 2 rings (SSSR count). The summed E-state index contributed by atoms with van der Waals surface area (Å²) in [7, 11) is 0. The minimum absolute atomic E-state index is 0.0685. The van der Waals surface area contributed by atoms with Crippen LogP contribution in [0.3, 0.4) is 0 Å². The molecule has 0 aliphatic heterocycles. The van der Waals surface area contributed by atoms with Crippen LogP contribution in [-0.2, 0) is 6.61 Å². The minimum Gasteiger partial charge on any atom is -0.488 e. The molecular formula is C12H12N2O4S. The van der Waals surface area contributed by atoms with Gasteiger partial charge in [0, 0.05) is 23.9 Å². The SMILES string of the molecule is CC(O)c1cc([N+](=O)[O-])ccc1OCc1cncs1. The van der Waals surface area contributed by atoms with Crippen molar-refractivity contribution >= 4 is 17.0 Å². The summed E-state index contributed by atoms with van der Waals surface area (Å²) in [5.41, 5.74) is 2.03. The predicted molar refractivity (Wildman–Crippen MR) is 70.2 cm³/mol. The quantitative estimate of drug-likeness (QED) is 0.672. The number of rotatable bonds is 5. The van der Waals surface area contributed by atoms with Gasteiger partial charge in [-0.2, -0.15) is 0 Å². The largest absolute Gasteiger partial charge is 0.488 e. The molecule has 0 radical (unpaired) electrons. The first-order valence-corrected chi connectivity index (χ1v) is 6.42. The van der Waals surface area contributed by atoms with Crippen molar-refractivity contribution in [1.82, 2.24) is 4.98 Å². The Hall–Kier alpha value is -1.99. The third-order valence-corrected chi connectivity index (χ3v) is 3.26. The first-order valence-electron chi connectivity index (χ1n) is 5.54. The third kappa shape index (κ3) is 3.27. The summed E-state index contributed by atoms with van der Waals surface area (Å²) >= 11 is 1.46. The number of nitrogens with zero attached hydrogens (tertiary/aromatic N) is 2. The Kier molecular flexibility index (Phi) is 4.08. The monoisotopic (exact) mass is 280 g/mol. The Morgan fingerprint density at radius 1 is 1.58 bits per heavy atom. The van der Waals surface area contributed by atoms with Gasteiger partial charge in [0.25, 0.3) is 5.69 Å². The van der Waals surface area contributed by atoms with Crippen molar-refractivity contribution in [2.24, 2.45) is 0 Å². The third-order valence-electron chi connectivity index (χ3n) is 2.51. The number of aromatic nitrogens is 1. The number of ether oxygens (including phenoxy) is 1. The fourth-order valence-corrected chi connectivity index (χ4v) is 2.08. The summed E-state index contributed by atoms with van der Waals surface area (Å²) in [5, 5.41) is 20.4. The fourth-order valence-electron chi connectivity index (χ4n) is 1.57. The van der Waals surface area contributed by atoms with Crippen molar-refractivity contribution in [3.05, 3.63) is 50.5 Å². The highest BCUT2D eigenvalue weighted by molar-refractivity contribution is 7.09. The first kappa shape index (κ1) is 13.4. The van der Waals surface area contributed by atoms with Crippen LogP contribution >= 0.6 is 11.3 Å². The molecule has 1 N–H and O–H groups in total. The van der Waals surface area contributed by atoms with Crippen LogP contribution < -0.4 is 4.74 Å². The molecule has 100 valence electrons. The maximum absolute atomic E-state index is 10.7. The van der Waals surface area contributed by atoms with E-state index in [1.165, 1.54) is 29.5 Å². The van der Waals surface area contributed by atoms with Crippen molar-refractivity contribution in [2.75, 3.05) is 0 Å². The van der Waals surface area contributed by atoms with Gasteiger partial charge in [0.15, 0.2) is 0 Å². The lowest BCUT2D eigenvalue weighted by molar-refractivity contribution is -0.385. The molecule has 1 aromatic heterocycles. The van der Waals surface area contributed by atoms with E-state index in [0.717, 1.165) is 4.88 Å². The average molecular weight is 280 g/mol. The Labute approximate surface area is 113 Å². The van der Waals surface area contributed by atoms with E-state index < -0.39 is 11.0 Å². The molecule has 1 heterocycles.